The van der Waals surface area contributed by atoms with Gasteiger partial charge in [0.2, 0.25) is 0 Å². The van der Waals surface area contributed by atoms with Crippen LogP contribution in [0.3, 0.4) is 0 Å². The molecule has 7 heteroatoms. The van der Waals surface area contributed by atoms with Crippen LogP contribution in [0.4, 0.5) is 0 Å². The molecular weight excluding hydrogens is 348 g/mol. The number of hydrogen-bond donors (Lipinski definition) is 0. The lowest BCUT2D eigenvalue weighted by Crippen LogP contribution is -2.50. The van der Waals surface area contributed by atoms with Crippen molar-refractivity contribution >= 4 is 35.2 Å². The molecular formula is C17H17ClN2O3S. The molecule has 3 rings (SSSR count). The summed E-state index contributed by atoms with van der Waals surface area (Å²) in [7, 11) is 0. The van der Waals surface area contributed by atoms with Crippen LogP contribution in [0.25, 0.3) is 0 Å². The summed E-state index contributed by atoms with van der Waals surface area (Å²) >= 11 is 7.75. The molecule has 5 nitrogen and oxygen atoms in total. The lowest BCUT2D eigenvalue weighted by Gasteiger charge is -2.34. The van der Waals surface area contributed by atoms with Crippen molar-refractivity contribution in [3.63, 3.8) is 0 Å². The van der Waals surface area contributed by atoms with Crippen molar-refractivity contribution in [3.8, 4) is 0 Å². The number of thioether (sulfide) groups is 1. The Morgan fingerprint density at radius 2 is 1.75 bits per heavy atom. The fraction of sp³-hybridized carbons (Fsp3) is 0.294. The van der Waals surface area contributed by atoms with Gasteiger partial charge in [-0.2, -0.15) is 0 Å². The Morgan fingerprint density at radius 1 is 1.08 bits per heavy atom. The molecule has 1 aliphatic heterocycles. The molecule has 0 bridgehead atoms. The predicted octanol–water partition coefficient (Wildman–Crippen LogP) is 3.25. The first-order valence-corrected chi connectivity index (χ1v) is 9.14. The first-order chi connectivity index (χ1) is 11.6. The molecule has 0 spiro atoms. The summed E-state index contributed by atoms with van der Waals surface area (Å²) < 4.78 is 4.95. The average Bonchev–Trinajstić information content (AvgIpc) is 3.16. The van der Waals surface area contributed by atoms with E-state index in [2.05, 4.69) is 0 Å². The summed E-state index contributed by atoms with van der Waals surface area (Å²) in [6.45, 7) is 1.97. The van der Waals surface area contributed by atoms with Gasteiger partial charge >= 0.3 is 0 Å². The van der Waals surface area contributed by atoms with Gasteiger partial charge in [-0.1, -0.05) is 11.6 Å². The van der Waals surface area contributed by atoms with Crippen LogP contribution in [-0.2, 0) is 0 Å². The maximum absolute atomic E-state index is 12.7. The molecule has 0 N–H and O–H groups in total. The zero-order valence-electron chi connectivity index (χ0n) is 13.2. The Morgan fingerprint density at radius 3 is 2.33 bits per heavy atom. The van der Waals surface area contributed by atoms with Crippen molar-refractivity contribution in [2.75, 3.05) is 32.4 Å². The highest BCUT2D eigenvalue weighted by Gasteiger charge is 2.26. The van der Waals surface area contributed by atoms with Crippen LogP contribution in [0.2, 0.25) is 5.02 Å². The number of nitrogens with zero attached hydrogens (tertiary/aromatic N) is 2. The summed E-state index contributed by atoms with van der Waals surface area (Å²) in [6.07, 6.45) is 4.87. The number of hydrogen-bond acceptors (Lipinski definition) is 4. The Bertz CT molecular complexity index is 740. The topological polar surface area (TPSA) is 53.8 Å². The maximum Gasteiger partial charge on any atom is 0.257 e. The number of carbonyl (C=O) groups excluding carboxylic acids is 2. The Labute approximate surface area is 149 Å². The second kappa shape index (κ2) is 7.32. The van der Waals surface area contributed by atoms with E-state index in [1.165, 1.54) is 12.5 Å². The third kappa shape index (κ3) is 3.44. The average molecular weight is 365 g/mol. The van der Waals surface area contributed by atoms with Gasteiger partial charge in [-0.3, -0.25) is 9.59 Å². The highest BCUT2D eigenvalue weighted by molar-refractivity contribution is 7.98. The van der Waals surface area contributed by atoms with Crippen LogP contribution in [0.1, 0.15) is 20.7 Å². The summed E-state index contributed by atoms with van der Waals surface area (Å²) in [5.41, 5.74) is 1.05. The van der Waals surface area contributed by atoms with Crippen LogP contribution in [0, 0.1) is 0 Å². The number of halogens is 1. The number of piperazine rings is 1. The minimum absolute atomic E-state index is 0.0711. The molecule has 24 heavy (non-hydrogen) atoms. The second-order valence-electron chi connectivity index (χ2n) is 5.44. The van der Waals surface area contributed by atoms with Crippen molar-refractivity contribution in [2.45, 2.75) is 4.90 Å². The van der Waals surface area contributed by atoms with Crippen LogP contribution in [-0.4, -0.2) is 54.0 Å². The van der Waals surface area contributed by atoms with Gasteiger partial charge in [-0.05, 0) is 30.5 Å². The SMILES string of the molecule is CSc1ccc(Cl)c(C(=O)N2CCN(C(=O)c3ccoc3)CC2)c1. The monoisotopic (exact) mass is 364 g/mol. The van der Waals surface area contributed by atoms with E-state index in [0.717, 1.165) is 4.90 Å². The van der Waals surface area contributed by atoms with E-state index in [9.17, 15) is 9.59 Å². The van der Waals surface area contributed by atoms with Gasteiger partial charge in [-0.25, -0.2) is 0 Å². The molecule has 2 heterocycles. The van der Waals surface area contributed by atoms with Gasteiger partial charge in [0, 0.05) is 31.1 Å². The van der Waals surface area contributed by atoms with Gasteiger partial charge < -0.3 is 14.2 Å². The first-order valence-electron chi connectivity index (χ1n) is 7.54. The van der Waals surface area contributed by atoms with Crippen LogP contribution in [0.15, 0.2) is 46.1 Å². The van der Waals surface area contributed by atoms with E-state index in [1.54, 1.807) is 33.7 Å². The zero-order valence-corrected chi connectivity index (χ0v) is 14.8. The predicted molar refractivity (Wildman–Crippen MR) is 93.7 cm³/mol. The number of amides is 2. The third-order valence-electron chi connectivity index (χ3n) is 4.03. The molecule has 0 saturated carbocycles. The first kappa shape index (κ1) is 16.9. The van der Waals surface area contributed by atoms with E-state index >= 15 is 0 Å². The van der Waals surface area contributed by atoms with Crippen LogP contribution < -0.4 is 0 Å². The van der Waals surface area contributed by atoms with Gasteiger partial charge in [0.05, 0.1) is 22.4 Å². The molecule has 2 aromatic rings. The summed E-state index contributed by atoms with van der Waals surface area (Å²) in [4.78, 5) is 29.5. The summed E-state index contributed by atoms with van der Waals surface area (Å²) in [6, 6.07) is 7.11. The Kier molecular flexibility index (Phi) is 5.16. The van der Waals surface area contributed by atoms with E-state index in [1.807, 2.05) is 18.4 Å². The molecule has 1 fully saturated rings. The van der Waals surface area contributed by atoms with Crippen molar-refractivity contribution < 1.29 is 14.0 Å². The largest absolute Gasteiger partial charge is 0.472 e. The summed E-state index contributed by atoms with van der Waals surface area (Å²) in [5, 5.41) is 0.453. The summed E-state index contributed by atoms with van der Waals surface area (Å²) in [5.74, 6) is -0.162. The van der Waals surface area contributed by atoms with E-state index in [4.69, 9.17) is 16.0 Å². The van der Waals surface area contributed by atoms with Gasteiger partial charge in [-0.15, -0.1) is 11.8 Å². The van der Waals surface area contributed by atoms with E-state index < -0.39 is 0 Å². The van der Waals surface area contributed by atoms with Crippen LogP contribution >= 0.6 is 23.4 Å². The molecule has 1 aromatic heterocycles. The normalized spacial score (nSPS) is 14.8. The van der Waals surface area contributed by atoms with Gasteiger partial charge in [0.25, 0.3) is 11.8 Å². The number of rotatable bonds is 3. The van der Waals surface area contributed by atoms with Crippen molar-refractivity contribution in [1.29, 1.82) is 0 Å². The molecule has 126 valence electrons. The minimum atomic E-state index is -0.0914. The number of carbonyl (C=O) groups is 2. The minimum Gasteiger partial charge on any atom is -0.472 e. The fourth-order valence-electron chi connectivity index (χ4n) is 2.65. The van der Waals surface area contributed by atoms with Crippen molar-refractivity contribution in [2.24, 2.45) is 0 Å². The lowest BCUT2D eigenvalue weighted by molar-refractivity contribution is 0.0535. The van der Waals surface area contributed by atoms with Crippen molar-refractivity contribution in [1.82, 2.24) is 9.80 Å². The number of benzene rings is 1. The van der Waals surface area contributed by atoms with E-state index in [-0.39, 0.29) is 11.8 Å². The number of furan rings is 1. The van der Waals surface area contributed by atoms with E-state index in [0.29, 0.717) is 42.3 Å². The quantitative estimate of drug-likeness (QED) is 0.784. The Balaban J connectivity index is 1.66. The molecule has 1 saturated heterocycles. The molecule has 1 aromatic carbocycles. The smallest absolute Gasteiger partial charge is 0.257 e. The fourth-order valence-corrected chi connectivity index (χ4v) is 3.29. The maximum atomic E-state index is 12.7. The highest BCUT2D eigenvalue weighted by atomic mass is 35.5. The molecule has 1 aliphatic rings. The van der Waals surface area contributed by atoms with Crippen LogP contribution in [0.5, 0.6) is 0 Å². The molecule has 0 aliphatic carbocycles. The molecule has 0 unspecified atom stereocenters. The molecule has 0 atom stereocenters. The molecule has 2 amide bonds. The zero-order chi connectivity index (χ0) is 17.1. The Hall–Kier alpha value is -1.92. The standard InChI is InChI=1S/C17H17ClN2O3S/c1-24-13-2-3-15(18)14(10-13)17(22)20-7-5-19(6-8-20)16(21)12-4-9-23-11-12/h2-4,9-11H,5-8H2,1H3. The highest BCUT2D eigenvalue weighted by Crippen LogP contribution is 2.24. The van der Waals surface area contributed by atoms with Crippen molar-refractivity contribution in [3.05, 3.63) is 52.9 Å². The second-order valence-corrected chi connectivity index (χ2v) is 6.73. The molecule has 0 radical (unpaired) electrons. The van der Waals surface area contributed by atoms with Gasteiger partial charge in [0.1, 0.15) is 6.26 Å². The lowest BCUT2D eigenvalue weighted by atomic mass is 10.1. The van der Waals surface area contributed by atoms with Gasteiger partial charge in [0.15, 0.2) is 0 Å². The third-order valence-corrected chi connectivity index (χ3v) is 5.08.